The van der Waals surface area contributed by atoms with Gasteiger partial charge in [-0.3, -0.25) is 0 Å². The molecule has 3 aromatic rings. The van der Waals surface area contributed by atoms with E-state index in [1.807, 2.05) is 13.8 Å². The van der Waals surface area contributed by atoms with E-state index in [9.17, 15) is 4.79 Å². The number of carbonyl (C=O) groups excluding carboxylic acids is 1. The lowest BCUT2D eigenvalue weighted by Crippen LogP contribution is -2.12. The Morgan fingerprint density at radius 2 is 1.73 bits per heavy atom. The highest BCUT2D eigenvalue weighted by Gasteiger charge is 2.19. The summed E-state index contributed by atoms with van der Waals surface area (Å²) in [5, 5.41) is 5.66. The molecule has 0 N–H and O–H groups in total. The van der Waals surface area contributed by atoms with E-state index in [4.69, 9.17) is 39.5 Å². The van der Waals surface area contributed by atoms with Gasteiger partial charge in [-0.1, -0.05) is 60.8 Å². The van der Waals surface area contributed by atoms with Crippen LogP contribution in [-0.2, 0) is 0 Å². The first-order valence-corrected chi connectivity index (χ1v) is 9.02. The highest BCUT2D eigenvalue weighted by molar-refractivity contribution is 6.42. The first-order chi connectivity index (χ1) is 12.4. The largest absolute Gasteiger partial charge is 0.404 e. The number of hydrogen-bond acceptors (Lipinski definition) is 3. The van der Waals surface area contributed by atoms with Crippen molar-refractivity contribution in [3.63, 3.8) is 0 Å². The second-order valence-electron chi connectivity index (χ2n) is 5.94. The molecule has 7 heteroatoms. The van der Waals surface area contributed by atoms with Gasteiger partial charge >= 0.3 is 5.97 Å². The maximum absolute atomic E-state index is 12.5. The maximum Gasteiger partial charge on any atom is 0.346 e. The third-order valence-corrected chi connectivity index (χ3v) is 4.79. The number of halogens is 3. The maximum atomic E-state index is 12.5. The first kappa shape index (κ1) is 18.8. The van der Waals surface area contributed by atoms with Gasteiger partial charge in [0.1, 0.15) is 0 Å². The Kier molecular flexibility index (Phi) is 5.56. The molecule has 26 heavy (non-hydrogen) atoms. The second kappa shape index (κ2) is 7.70. The highest BCUT2D eigenvalue weighted by atomic mass is 35.5. The summed E-state index contributed by atoms with van der Waals surface area (Å²) >= 11 is 18.2. The number of hydrogen-bond donors (Lipinski definition) is 0. The van der Waals surface area contributed by atoms with E-state index in [2.05, 4.69) is 5.10 Å². The summed E-state index contributed by atoms with van der Waals surface area (Å²) < 4.78 is 7.09. The van der Waals surface area contributed by atoms with Crippen LogP contribution in [0.15, 0.2) is 48.5 Å². The molecule has 134 valence electrons. The quantitative estimate of drug-likeness (QED) is 0.484. The van der Waals surface area contributed by atoms with Gasteiger partial charge in [-0.15, -0.1) is 0 Å². The SMILES string of the molecule is CC(C)c1cc(OC(=O)c2ccccc2Cl)n(-c2ccc(Cl)c(Cl)c2)n1. The summed E-state index contributed by atoms with van der Waals surface area (Å²) in [6.07, 6.45) is 0. The Morgan fingerprint density at radius 1 is 1.00 bits per heavy atom. The summed E-state index contributed by atoms with van der Waals surface area (Å²) in [5.41, 5.74) is 1.69. The Morgan fingerprint density at radius 3 is 2.38 bits per heavy atom. The first-order valence-electron chi connectivity index (χ1n) is 7.89. The van der Waals surface area contributed by atoms with Gasteiger partial charge in [-0.2, -0.15) is 5.10 Å². The normalized spacial score (nSPS) is 11.0. The van der Waals surface area contributed by atoms with Gasteiger partial charge < -0.3 is 4.74 Å². The monoisotopic (exact) mass is 408 g/mol. The van der Waals surface area contributed by atoms with E-state index in [0.29, 0.717) is 20.8 Å². The average molecular weight is 410 g/mol. The summed E-state index contributed by atoms with van der Waals surface area (Å²) in [4.78, 5) is 12.5. The van der Waals surface area contributed by atoms with Gasteiger partial charge in [0.2, 0.25) is 5.88 Å². The van der Waals surface area contributed by atoms with Crippen molar-refractivity contribution in [3.05, 3.63) is 74.9 Å². The standard InChI is InChI=1S/C19H15Cl3N2O2/c1-11(2)17-10-18(26-19(25)13-5-3-4-6-14(13)20)24(23-17)12-7-8-15(21)16(22)9-12/h3-11H,1-2H3. The lowest BCUT2D eigenvalue weighted by molar-refractivity contribution is 0.0723. The summed E-state index contributed by atoms with van der Waals surface area (Å²) in [5.74, 6) is -0.138. The van der Waals surface area contributed by atoms with Crippen LogP contribution in [0.5, 0.6) is 5.88 Å². The van der Waals surface area contributed by atoms with Crippen molar-refractivity contribution in [3.8, 4) is 11.6 Å². The minimum atomic E-state index is -0.563. The van der Waals surface area contributed by atoms with Crippen molar-refractivity contribution < 1.29 is 9.53 Å². The summed E-state index contributed by atoms with van der Waals surface area (Å²) in [6.45, 7) is 4.00. The minimum absolute atomic E-state index is 0.150. The van der Waals surface area contributed by atoms with Crippen LogP contribution >= 0.6 is 34.8 Å². The van der Waals surface area contributed by atoms with E-state index in [1.165, 1.54) is 4.68 Å². The van der Waals surface area contributed by atoms with Crippen LogP contribution in [-0.4, -0.2) is 15.7 Å². The lowest BCUT2D eigenvalue weighted by atomic mass is 10.1. The van der Waals surface area contributed by atoms with Crippen LogP contribution in [0.4, 0.5) is 0 Å². The van der Waals surface area contributed by atoms with Crippen LogP contribution in [0, 0.1) is 0 Å². The van der Waals surface area contributed by atoms with Crippen LogP contribution in [0.25, 0.3) is 5.69 Å². The summed E-state index contributed by atoms with van der Waals surface area (Å²) in [6, 6.07) is 13.5. The molecule has 0 atom stereocenters. The smallest absolute Gasteiger partial charge is 0.346 e. The second-order valence-corrected chi connectivity index (χ2v) is 7.16. The number of aromatic nitrogens is 2. The molecule has 0 unspecified atom stereocenters. The zero-order chi connectivity index (χ0) is 18.8. The highest BCUT2D eigenvalue weighted by Crippen LogP contribution is 2.29. The van der Waals surface area contributed by atoms with Crippen LogP contribution in [0.1, 0.15) is 35.8 Å². The van der Waals surface area contributed by atoms with Gasteiger partial charge in [0, 0.05) is 6.07 Å². The molecule has 0 fully saturated rings. The number of esters is 1. The minimum Gasteiger partial charge on any atom is -0.404 e. The molecule has 0 saturated carbocycles. The van der Waals surface area contributed by atoms with Gasteiger partial charge in [0.25, 0.3) is 0 Å². The lowest BCUT2D eigenvalue weighted by Gasteiger charge is -2.09. The van der Waals surface area contributed by atoms with Crippen molar-refractivity contribution in [2.75, 3.05) is 0 Å². The predicted molar refractivity (Wildman–Crippen MR) is 104 cm³/mol. The average Bonchev–Trinajstić information content (AvgIpc) is 3.02. The number of benzene rings is 2. The molecule has 3 rings (SSSR count). The van der Waals surface area contributed by atoms with E-state index < -0.39 is 5.97 Å². The molecular formula is C19H15Cl3N2O2. The zero-order valence-corrected chi connectivity index (χ0v) is 16.3. The Labute approximate surface area is 166 Å². The fourth-order valence-corrected chi connectivity index (χ4v) is 2.82. The fourth-order valence-electron chi connectivity index (χ4n) is 2.31. The van der Waals surface area contributed by atoms with E-state index in [1.54, 1.807) is 48.5 Å². The van der Waals surface area contributed by atoms with Crippen molar-refractivity contribution in [1.29, 1.82) is 0 Å². The molecule has 0 saturated heterocycles. The number of rotatable bonds is 4. The van der Waals surface area contributed by atoms with E-state index in [-0.39, 0.29) is 17.4 Å². The molecule has 0 bridgehead atoms. The number of nitrogens with zero attached hydrogens (tertiary/aromatic N) is 2. The molecule has 4 nitrogen and oxygen atoms in total. The predicted octanol–water partition coefficient (Wildman–Crippen LogP) is 6.18. The molecule has 1 heterocycles. The molecule has 0 aliphatic heterocycles. The van der Waals surface area contributed by atoms with Gasteiger partial charge in [0.05, 0.1) is 32.0 Å². The number of ether oxygens (including phenoxy) is 1. The third-order valence-electron chi connectivity index (χ3n) is 3.73. The van der Waals surface area contributed by atoms with Gasteiger partial charge in [-0.05, 0) is 36.2 Å². The molecule has 0 amide bonds. The van der Waals surface area contributed by atoms with Crippen LogP contribution < -0.4 is 4.74 Å². The van der Waals surface area contributed by atoms with Gasteiger partial charge in [0.15, 0.2) is 0 Å². The molecule has 0 radical (unpaired) electrons. The molecule has 1 aromatic heterocycles. The number of carbonyl (C=O) groups is 1. The topological polar surface area (TPSA) is 44.1 Å². The molecule has 0 aliphatic rings. The van der Waals surface area contributed by atoms with Crippen LogP contribution in [0.3, 0.4) is 0 Å². The summed E-state index contributed by atoms with van der Waals surface area (Å²) in [7, 11) is 0. The molecular weight excluding hydrogens is 395 g/mol. The van der Waals surface area contributed by atoms with Crippen molar-refractivity contribution in [1.82, 2.24) is 9.78 Å². The molecule has 0 aliphatic carbocycles. The van der Waals surface area contributed by atoms with Crippen molar-refractivity contribution >= 4 is 40.8 Å². The van der Waals surface area contributed by atoms with Gasteiger partial charge in [-0.25, -0.2) is 9.48 Å². The Balaban J connectivity index is 2.02. The molecule has 2 aromatic carbocycles. The van der Waals surface area contributed by atoms with E-state index in [0.717, 1.165) is 5.69 Å². The van der Waals surface area contributed by atoms with Crippen molar-refractivity contribution in [2.24, 2.45) is 0 Å². The zero-order valence-electron chi connectivity index (χ0n) is 14.0. The third kappa shape index (κ3) is 3.88. The van der Waals surface area contributed by atoms with Crippen LogP contribution in [0.2, 0.25) is 15.1 Å². The van der Waals surface area contributed by atoms with E-state index >= 15 is 0 Å². The van der Waals surface area contributed by atoms with Crippen molar-refractivity contribution in [2.45, 2.75) is 19.8 Å². The molecule has 0 spiro atoms. The Hall–Kier alpha value is -2.01. The fraction of sp³-hybridized carbons (Fsp3) is 0.158. The Bertz CT molecular complexity index is 967.